The first kappa shape index (κ1) is 16.0. The number of benzene rings is 1. The van der Waals surface area contributed by atoms with Crippen LogP contribution < -0.4 is 0 Å². The van der Waals surface area contributed by atoms with E-state index in [1.165, 1.54) is 0 Å². The average Bonchev–Trinajstić information content (AvgIpc) is 3.10. The Labute approximate surface area is 140 Å². The smallest absolute Gasteiger partial charge is 0.274 e. The molecule has 0 saturated carbocycles. The molecule has 122 valence electrons. The van der Waals surface area contributed by atoms with Gasteiger partial charge in [0, 0.05) is 37.4 Å². The Morgan fingerprint density at radius 1 is 1.39 bits per heavy atom. The van der Waals surface area contributed by atoms with Crippen LogP contribution in [0.1, 0.15) is 23.0 Å². The third kappa shape index (κ3) is 2.99. The summed E-state index contributed by atoms with van der Waals surface area (Å²) in [5, 5.41) is 14.4. The molecule has 1 aromatic heterocycles. The molecule has 2 atom stereocenters. The second-order valence-electron chi connectivity index (χ2n) is 6.19. The van der Waals surface area contributed by atoms with E-state index in [-0.39, 0.29) is 18.4 Å². The molecule has 1 aliphatic rings. The molecule has 0 aliphatic carbocycles. The number of nitrogens with zero attached hydrogens (tertiary/aromatic N) is 3. The van der Waals surface area contributed by atoms with Crippen LogP contribution in [0.25, 0.3) is 5.69 Å². The number of hydrogen-bond acceptors (Lipinski definition) is 3. The second-order valence-corrected chi connectivity index (χ2v) is 6.59. The summed E-state index contributed by atoms with van der Waals surface area (Å²) in [6, 6.07) is 7.40. The first-order valence-electron chi connectivity index (χ1n) is 7.72. The fraction of sp³-hybridized carbons (Fsp3) is 0.412. The fourth-order valence-electron chi connectivity index (χ4n) is 3.02. The van der Waals surface area contributed by atoms with Gasteiger partial charge in [-0.25, -0.2) is 4.68 Å². The van der Waals surface area contributed by atoms with Crippen molar-refractivity contribution in [3.63, 3.8) is 0 Å². The highest BCUT2D eigenvalue weighted by Crippen LogP contribution is 2.25. The lowest BCUT2D eigenvalue weighted by atomic mass is 10.00. The van der Waals surface area contributed by atoms with Gasteiger partial charge in [0.25, 0.3) is 5.91 Å². The van der Waals surface area contributed by atoms with Gasteiger partial charge in [-0.1, -0.05) is 30.7 Å². The first-order valence-corrected chi connectivity index (χ1v) is 8.10. The van der Waals surface area contributed by atoms with E-state index in [4.69, 9.17) is 11.6 Å². The summed E-state index contributed by atoms with van der Waals surface area (Å²) in [5.41, 5.74) is 2.00. The summed E-state index contributed by atoms with van der Waals surface area (Å²) >= 11 is 6.20. The van der Waals surface area contributed by atoms with Gasteiger partial charge < -0.3 is 10.0 Å². The Balaban J connectivity index is 1.87. The molecule has 0 unspecified atom stereocenters. The molecule has 0 radical (unpaired) electrons. The van der Waals surface area contributed by atoms with Gasteiger partial charge in [0.2, 0.25) is 0 Å². The van der Waals surface area contributed by atoms with Gasteiger partial charge in [0.15, 0.2) is 5.69 Å². The molecular weight excluding hydrogens is 314 g/mol. The molecule has 1 aromatic carbocycles. The van der Waals surface area contributed by atoms with E-state index in [9.17, 15) is 9.90 Å². The molecule has 0 spiro atoms. The largest absolute Gasteiger partial charge is 0.396 e. The number of aryl methyl sites for hydroxylation is 1. The molecule has 1 amide bonds. The Bertz CT molecular complexity index is 728. The number of amides is 1. The van der Waals surface area contributed by atoms with Crippen molar-refractivity contribution >= 4 is 17.5 Å². The standard InChI is InChI=1S/C17H20ClN3O2/c1-11-7-20(9-13(11)10-22)17(23)16-12(2)8-21(19-16)15-6-4-3-5-14(15)18/h3-6,8,11,13,22H,7,9-10H2,1-2H3/t11-,13+/m1/s1. The second kappa shape index (κ2) is 6.34. The molecule has 6 heteroatoms. The zero-order chi connectivity index (χ0) is 16.6. The average molecular weight is 334 g/mol. The molecular formula is C17H20ClN3O2. The minimum Gasteiger partial charge on any atom is -0.396 e. The number of carbonyl (C=O) groups excluding carboxylic acids is 1. The quantitative estimate of drug-likeness (QED) is 0.939. The number of aromatic nitrogens is 2. The van der Waals surface area contributed by atoms with Crippen LogP contribution in [0.4, 0.5) is 0 Å². The maximum atomic E-state index is 12.7. The van der Waals surface area contributed by atoms with E-state index in [1.54, 1.807) is 15.6 Å². The normalized spacial score (nSPS) is 21.0. The van der Waals surface area contributed by atoms with E-state index in [0.29, 0.717) is 29.7 Å². The van der Waals surface area contributed by atoms with Gasteiger partial charge in [-0.3, -0.25) is 4.79 Å². The van der Waals surface area contributed by atoms with Gasteiger partial charge in [-0.2, -0.15) is 5.10 Å². The highest BCUT2D eigenvalue weighted by molar-refractivity contribution is 6.32. The first-order chi connectivity index (χ1) is 11.0. The number of hydrogen-bond donors (Lipinski definition) is 1. The van der Waals surface area contributed by atoms with Crippen LogP contribution in [0, 0.1) is 18.8 Å². The Morgan fingerprint density at radius 2 is 2.13 bits per heavy atom. The monoisotopic (exact) mass is 333 g/mol. The highest BCUT2D eigenvalue weighted by atomic mass is 35.5. The van der Waals surface area contributed by atoms with Gasteiger partial charge in [-0.15, -0.1) is 0 Å². The number of aliphatic hydroxyl groups is 1. The van der Waals surface area contributed by atoms with Gasteiger partial charge in [-0.05, 0) is 25.0 Å². The molecule has 1 N–H and O–H groups in total. The van der Waals surface area contributed by atoms with Crippen LogP contribution in [0.2, 0.25) is 5.02 Å². The van der Waals surface area contributed by atoms with Crippen LogP contribution in [0.15, 0.2) is 30.5 Å². The van der Waals surface area contributed by atoms with E-state index in [1.807, 2.05) is 31.3 Å². The molecule has 5 nitrogen and oxygen atoms in total. The molecule has 1 fully saturated rings. The predicted octanol–water partition coefficient (Wildman–Crippen LogP) is 2.53. The van der Waals surface area contributed by atoms with E-state index >= 15 is 0 Å². The Kier molecular flexibility index (Phi) is 4.41. The third-order valence-electron chi connectivity index (χ3n) is 4.49. The van der Waals surface area contributed by atoms with Crippen molar-refractivity contribution in [2.24, 2.45) is 11.8 Å². The van der Waals surface area contributed by atoms with Crippen LogP contribution in [-0.2, 0) is 0 Å². The zero-order valence-corrected chi connectivity index (χ0v) is 14.0. The summed E-state index contributed by atoms with van der Waals surface area (Å²) in [7, 11) is 0. The molecule has 1 aliphatic heterocycles. The summed E-state index contributed by atoms with van der Waals surface area (Å²) in [5.74, 6) is 0.357. The molecule has 23 heavy (non-hydrogen) atoms. The lowest BCUT2D eigenvalue weighted by molar-refractivity contribution is 0.0773. The van der Waals surface area contributed by atoms with Crippen LogP contribution in [0.5, 0.6) is 0 Å². The van der Waals surface area contributed by atoms with Crippen molar-refractivity contribution in [3.8, 4) is 5.69 Å². The van der Waals surface area contributed by atoms with Crippen LogP contribution >= 0.6 is 11.6 Å². The third-order valence-corrected chi connectivity index (χ3v) is 4.81. The summed E-state index contributed by atoms with van der Waals surface area (Å²) < 4.78 is 1.65. The Hall–Kier alpha value is -1.85. The van der Waals surface area contributed by atoms with E-state index < -0.39 is 0 Å². The van der Waals surface area contributed by atoms with Gasteiger partial charge in [0.05, 0.1) is 10.7 Å². The number of rotatable bonds is 3. The van der Waals surface area contributed by atoms with Crippen molar-refractivity contribution in [2.75, 3.05) is 19.7 Å². The Morgan fingerprint density at radius 3 is 2.78 bits per heavy atom. The number of likely N-dealkylation sites (tertiary alicyclic amines) is 1. The number of aliphatic hydroxyl groups excluding tert-OH is 1. The number of carbonyl (C=O) groups is 1. The minimum absolute atomic E-state index is 0.0869. The lowest BCUT2D eigenvalue weighted by Crippen LogP contribution is -2.30. The summed E-state index contributed by atoms with van der Waals surface area (Å²) in [6.45, 7) is 5.27. The van der Waals surface area contributed by atoms with Crippen molar-refractivity contribution in [3.05, 3.63) is 46.7 Å². The summed E-state index contributed by atoms with van der Waals surface area (Å²) in [6.07, 6.45) is 1.82. The predicted molar refractivity (Wildman–Crippen MR) is 89.0 cm³/mol. The molecule has 0 bridgehead atoms. The van der Waals surface area contributed by atoms with Gasteiger partial charge in [0.1, 0.15) is 0 Å². The topological polar surface area (TPSA) is 58.4 Å². The lowest BCUT2D eigenvalue weighted by Gasteiger charge is -2.15. The maximum absolute atomic E-state index is 12.7. The number of para-hydroxylation sites is 1. The van der Waals surface area contributed by atoms with Crippen molar-refractivity contribution in [2.45, 2.75) is 13.8 Å². The SMILES string of the molecule is Cc1cn(-c2ccccc2Cl)nc1C(=O)N1C[C@@H](CO)[C@H](C)C1. The maximum Gasteiger partial charge on any atom is 0.274 e. The van der Waals surface area contributed by atoms with E-state index in [2.05, 4.69) is 12.0 Å². The van der Waals surface area contributed by atoms with Crippen LogP contribution in [-0.4, -0.2) is 45.4 Å². The highest BCUT2D eigenvalue weighted by Gasteiger charge is 2.33. The minimum atomic E-state index is -0.0869. The molecule has 1 saturated heterocycles. The van der Waals surface area contributed by atoms with E-state index in [0.717, 1.165) is 11.3 Å². The molecule has 2 aromatic rings. The number of halogens is 1. The zero-order valence-electron chi connectivity index (χ0n) is 13.2. The summed E-state index contributed by atoms with van der Waals surface area (Å²) in [4.78, 5) is 14.5. The van der Waals surface area contributed by atoms with Crippen molar-refractivity contribution < 1.29 is 9.90 Å². The molecule has 2 heterocycles. The fourth-order valence-corrected chi connectivity index (χ4v) is 3.24. The molecule has 3 rings (SSSR count). The van der Waals surface area contributed by atoms with Crippen molar-refractivity contribution in [1.29, 1.82) is 0 Å². The van der Waals surface area contributed by atoms with Crippen LogP contribution in [0.3, 0.4) is 0 Å². The van der Waals surface area contributed by atoms with Gasteiger partial charge >= 0.3 is 0 Å². The van der Waals surface area contributed by atoms with Crippen molar-refractivity contribution in [1.82, 2.24) is 14.7 Å².